The molecule has 0 heterocycles. The van der Waals surface area contributed by atoms with E-state index in [0.717, 1.165) is 19.7 Å². The van der Waals surface area contributed by atoms with Crippen molar-refractivity contribution in [1.82, 2.24) is 5.32 Å². The quantitative estimate of drug-likeness (QED) is 0.556. The van der Waals surface area contributed by atoms with Gasteiger partial charge >= 0.3 is 5.97 Å². The maximum absolute atomic E-state index is 10.1. The van der Waals surface area contributed by atoms with Gasteiger partial charge in [-0.2, -0.15) is 0 Å². The molecule has 0 spiro atoms. The molecule has 0 aromatic heterocycles. The number of rotatable bonds is 8. The van der Waals surface area contributed by atoms with Crippen LogP contribution in [0.25, 0.3) is 0 Å². The summed E-state index contributed by atoms with van der Waals surface area (Å²) in [4.78, 5) is 10.1. The molecule has 1 unspecified atom stereocenters. The Hall–Kier alpha value is -0.610. The SMILES string of the molecule is CCOC(C)CNCCCC(=O)O. The highest BCUT2D eigenvalue weighted by Crippen LogP contribution is 1.89. The minimum absolute atomic E-state index is 0.204. The molecule has 0 bridgehead atoms. The maximum Gasteiger partial charge on any atom is 0.303 e. The third-order valence-electron chi connectivity index (χ3n) is 1.63. The van der Waals surface area contributed by atoms with E-state index in [1.54, 1.807) is 0 Å². The lowest BCUT2D eigenvalue weighted by Crippen LogP contribution is -2.27. The van der Waals surface area contributed by atoms with Crippen molar-refractivity contribution >= 4 is 5.97 Å². The number of carboxylic acid groups (broad SMARTS) is 1. The Morgan fingerprint density at radius 2 is 2.31 bits per heavy atom. The summed E-state index contributed by atoms with van der Waals surface area (Å²) >= 11 is 0. The van der Waals surface area contributed by atoms with E-state index in [1.165, 1.54) is 0 Å². The lowest BCUT2D eigenvalue weighted by Gasteiger charge is -2.11. The van der Waals surface area contributed by atoms with Gasteiger partial charge < -0.3 is 15.2 Å². The molecule has 0 aromatic rings. The highest BCUT2D eigenvalue weighted by molar-refractivity contribution is 5.66. The minimum atomic E-state index is -0.736. The summed E-state index contributed by atoms with van der Waals surface area (Å²) in [6.07, 6.45) is 1.11. The molecule has 0 rings (SSSR count). The Bertz CT molecular complexity index is 139. The molecule has 0 aromatic carbocycles. The van der Waals surface area contributed by atoms with E-state index in [1.807, 2.05) is 13.8 Å². The van der Waals surface area contributed by atoms with Crippen LogP contribution in [0.4, 0.5) is 0 Å². The molecule has 0 aliphatic heterocycles. The summed E-state index contributed by atoms with van der Waals surface area (Å²) in [6, 6.07) is 0. The van der Waals surface area contributed by atoms with Gasteiger partial charge in [0, 0.05) is 19.6 Å². The highest BCUT2D eigenvalue weighted by atomic mass is 16.5. The number of aliphatic carboxylic acids is 1. The van der Waals surface area contributed by atoms with E-state index < -0.39 is 5.97 Å². The first-order valence-corrected chi connectivity index (χ1v) is 4.71. The van der Waals surface area contributed by atoms with Gasteiger partial charge in [0.1, 0.15) is 0 Å². The van der Waals surface area contributed by atoms with Crippen LogP contribution < -0.4 is 5.32 Å². The zero-order valence-electron chi connectivity index (χ0n) is 8.38. The molecule has 0 radical (unpaired) electrons. The molecule has 4 heteroatoms. The van der Waals surface area contributed by atoms with Gasteiger partial charge in [0.25, 0.3) is 0 Å². The van der Waals surface area contributed by atoms with Crippen molar-refractivity contribution in [1.29, 1.82) is 0 Å². The highest BCUT2D eigenvalue weighted by Gasteiger charge is 2.00. The third kappa shape index (κ3) is 9.30. The van der Waals surface area contributed by atoms with Gasteiger partial charge in [-0.3, -0.25) is 4.79 Å². The van der Waals surface area contributed by atoms with Gasteiger partial charge in [-0.05, 0) is 26.8 Å². The summed E-state index contributed by atoms with van der Waals surface area (Å²) in [5, 5.41) is 11.5. The van der Waals surface area contributed by atoms with Crippen molar-refractivity contribution in [2.24, 2.45) is 0 Å². The number of carboxylic acids is 1. The molecule has 0 saturated heterocycles. The van der Waals surface area contributed by atoms with Gasteiger partial charge in [0.2, 0.25) is 0 Å². The number of hydrogen-bond acceptors (Lipinski definition) is 3. The molecule has 0 saturated carbocycles. The number of hydrogen-bond donors (Lipinski definition) is 2. The average molecular weight is 189 g/mol. The third-order valence-corrected chi connectivity index (χ3v) is 1.63. The van der Waals surface area contributed by atoms with Gasteiger partial charge in [0.05, 0.1) is 6.10 Å². The van der Waals surface area contributed by atoms with E-state index in [4.69, 9.17) is 9.84 Å². The van der Waals surface area contributed by atoms with Crippen molar-refractivity contribution in [3.63, 3.8) is 0 Å². The first-order valence-electron chi connectivity index (χ1n) is 4.71. The molecule has 13 heavy (non-hydrogen) atoms. The Morgan fingerprint density at radius 3 is 2.85 bits per heavy atom. The van der Waals surface area contributed by atoms with Crippen LogP contribution in [0.15, 0.2) is 0 Å². The molecule has 0 aliphatic rings. The van der Waals surface area contributed by atoms with Crippen molar-refractivity contribution in [2.45, 2.75) is 32.8 Å². The van der Waals surface area contributed by atoms with Gasteiger partial charge in [-0.25, -0.2) is 0 Å². The molecule has 0 aliphatic carbocycles. The first kappa shape index (κ1) is 12.4. The fraction of sp³-hybridized carbons (Fsp3) is 0.889. The van der Waals surface area contributed by atoms with Gasteiger partial charge in [-0.15, -0.1) is 0 Å². The van der Waals surface area contributed by atoms with Crippen LogP contribution in [0.1, 0.15) is 26.7 Å². The van der Waals surface area contributed by atoms with E-state index in [0.29, 0.717) is 6.42 Å². The van der Waals surface area contributed by atoms with Gasteiger partial charge in [0.15, 0.2) is 0 Å². The van der Waals surface area contributed by atoms with E-state index in [9.17, 15) is 4.79 Å². The zero-order chi connectivity index (χ0) is 10.1. The summed E-state index contributed by atoms with van der Waals surface area (Å²) in [6.45, 7) is 6.20. The second-order valence-electron chi connectivity index (χ2n) is 2.97. The number of carbonyl (C=O) groups is 1. The molecule has 0 amide bonds. The van der Waals surface area contributed by atoms with Crippen molar-refractivity contribution < 1.29 is 14.6 Å². The topological polar surface area (TPSA) is 58.6 Å². The molecule has 4 nitrogen and oxygen atoms in total. The fourth-order valence-corrected chi connectivity index (χ4v) is 1.01. The number of nitrogens with one attached hydrogen (secondary N) is 1. The van der Waals surface area contributed by atoms with E-state index in [2.05, 4.69) is 5.32 Å². The smallest absolute Gasteiger partial charge is 0.303 e. The predicted molar refractivity (Wildman–Crippen MR) is 50.8 cm³/mol. The lowest BCUT2D eigenvalue weighted by atomic mass is 10.3. The van der Waals surface area contributed by atoms with Crippen molar-refractivity contribution in [3.05, 3.63) is 0 Å². The first-order chi connectivity index (χ1) is 6.16. The van der Waals surface area contributed by atoms with Crippen molar-refractivity contribution in [3.8, 4) is 0 Å². The molecule has 0 fully saturated rings. The lowest BCUT2D eigenvalue weighted by molar-refractivity contribution is -0.137. The maximum atomic E-state index is 10.1. The van der Waals surface area contributed by atoms with Crippen LogP contribution >= 0.6 is 0 Å². The summed E-state index contributed by atoms with van der Waals surface area (Å²) in [5.41, 5.74) is 0. The number of ether oxygens (including phenoxy) is 1. The monoisotopic (exact) mass is 189 g/mol. The molecule has 78 valence electrons. The molecular formula is C9H19NO3. The largest absolute Gasteiger partial charge is 0.481 e. The molecule has 2 N–H and O–H groups in total. The molecular weight excluding hydrogens is 170 g/mol. The summed E-state index contributed by atoms with van der Waals surface area (Å²) in [7, 11) is 0. The van der Waals surface area contributed by atoms with Crippen LogP contribution in [0.5, 0.6) is 0 Å². The molecule has 1 atom stereocenters. The summed E-state index contributed by atoms with van der Waals surface area (Å²) < 4.78 is 5.29. The zero-order valence-corrected chi connectivity index (χ0v) is 8.38. The standard InChI is InChI=1S/C9H19NO3/c1-3-13-8(2)7-10-6-4-5-9(11)12/h8,10H,3-7H2,1-2H3,(H,11,12). The fourth-order valence-electron chi connectivity index (χ4n) is 1.01. The van der Waals surface area contributed by atoms with E-state index >= 15 is 0 Å². The van der Waals surface area contributed by atoms with Crippen LogP contribution in [0, 0.1) is 0 Å². The minimum Gasteiger partial charge on any atom is -0.481 e. The van der Waals surface area contributed by atoms with Crippen LogP contribution in [0.3, 0.4) is 0 Å². The second-order valence-corrected chi connectivity index (χ2v) is 2.97. The normalized spacial score (nSPS) is 12.8. The van der Waals surface area contributed by atoms with Crippen LogP contribution in [-0.2, 0) is 9.53 Å². The summed E-state index contributed by atoms with van der Waals surface area (Å²) in [5.74, 6) is -0.736. The Morgan fingerprint density at radius 1 is 1.62 bits per heavy atom. The Kier molecular flexibility index (Phi) is 7.63. The average Bonchev–Trinajstić information content (AvgIpc) is 2.03. The van der Waals surface area contributed by atoms with Gasteiger partial charge in [-0.1, -0.05) is 0 Å². The Labute approximate surface area is 79.3 Å². The van der Waals surface area contributed by atoms with Crippen molar-refractivity contribution in [2.75, 3.05) is 19.7 Å². The Balaban J connectivity index is 3.11. The van der Waals surface area contributed by atoms with Crippen LogP contribution in [-0.4, -0.2) is 36.9 Å². The predicted octanol–water partition coefficient (Wildman–Crippen LogP) is 0.866. The van der Waals surface area contributed by atoms with Crippen LogP contribution in [0.2, 0.25) is 0 Å². The van der Waals surface area contributed by atoms with E-state index in [-0.39, 0.29) is 12.5 Å². The second kappa shape index (κ2) is 8.01.